The third kappa shape index (κ3) is 4.40. The Morgan fingerprint density at radius 3 is 2.61 bits per heavy atom. The fraction of sp³-hybridized carbons (Fsp3) is 0.125. The Labute approximate surface area is 200 Å². The third-order valence-electron chi connectivity index (χ3n) is 5.29. The zero-order valence-electron chi connectivity index (χ0n) is 17.6. The Morgan fingerprint density at radius 1 is 1.06 bits per heavy atom. The van der Waals surface area contributed by atoms with Crippen LogP contribution in [0.5, 0.6) is 5.75 Å². The van der Waals surface area contributed by atoms with Gasteiger partial charge in [0.2, 0.25) is 11.1 Å². The highest BCUT2D eigenvalue weighted by molar-refractivity contribution is 8.00. The molecule has 1 aliphatic rings. The van der Waals surface area contributed by atoms with Crippen LogP contribution in [-0.2, 0) is 4.79 Å². The molecule has 1 aliphatic heterocycles. The highest BCUT2D eigenvalue weighted by Crippen LogP contribution is 2.39. The number of hydrogen-bond donors (Lipinski definition) is 2. The average molecular weight is 478 g/mol. The SMILES string of the molecule is COc1cccc(NC(=O)C2Sc3nnc(-c4ccccc4)n3NC2c2ccc(Cl)cc2)c1. The number of ether oxygens (including phenoxy) is 1. The van der Waals surface area contributed by atoms with E-state index in [0.29, 0.717) is 27.4 Å². The van der Waals surface area contributed by atoms with Crippen molar-refractivity contribution >= 4 is 35.0 Å². The van der Waals surface area contributed by atoms with Crippen LogP contribution in [-0.4, -0.2) is 33.1 Å². The van der Waals surface area contributed by atoms with Crippen molar-refractivity contribution in [2.75, 3.05) is 17.9 Å². The Balaban J connectivity index is 1.50. The number of methoxy groups -OCH3 is 1. The van der Waals surface area contributed by atoms with Crippen LogP contribution in [0.4, 0.5) is 5.69 Å². The van der Waals surface area contributed by atoms with Crippen LogP contribution in [0.15, 0.2) is 84.0 Å². The van der Waals surface area contributed by atoms with Crippen molar-refractivity contribution in [1.82, 2.24) is 14.9 Å². The molecule has 0 saturated carbocycles. The maximum Gasteiger partial charge on any atom is 0.240 e. The number of benzene rings is 3. The van der Waals surface area contributed by atoms with Crippen molar-refractivity contribution in [3.63, 3.8) is 0 Å². The van der Waals surface area contributed by atoms with Crippen LogP contribution in [0.2, 0.25) is 5.02 Å². The van der Waals surface area contributed by atoms with Gasteiger partial charge in [-0.15, -0.1) is 10.2 Å². The zero-order valence-corrected chi connectivity index (χ0v) is 19.2. The summed E-state index contributed by atoms with van der Waals surface area (Å²) in [6, 6.07) is 24.2. The molecule has 2 N–H and O–H groups in total. The van der Waals surface area contributed by atoms with Gasteiger partial charge in [0.1, 0.15) is 11.0 Å². The van der Waals surface area contributed by atoms with Gasteiger partial charge in [0.15, 0.2) is 5.82 Å². The summed E-state index contributed by atoms with van der Waals surface area (Å²) >= 11 is 7.48. The van der Waals surface area contributed by atoms with Gasteiger partial charge in [0.05, 0.1) is 13.2 Å². The number of anilines is 1. The lowest BCUT2D eigenvalue weighted by Crippen LogP contribution is -2.41. The first-order valence-corrected chi connectivity index (χ1v) is 11.5. The molecule has 0 fully saturated rings. The molecule has 2 unspecified atom stereocenters. The largest absolute Gasteiger partial charge is 0.497 e. The average Bonchev–Trinajstić information content (AvgIpc) is 3.27. The van der Waals surface area contributed by atoms with Crippen LogP contribution in [0.3, 0.4) is 0 Å². The van der Waals surface area contributed by atoms with E-state index in [-0.39, 0.29) is 11.9 Å². The molecule has 0 spiro atoms. The van der Waals surface area contributed by atoms with Crippen molar-refractivity contribution in [2.24, 2.45) is 0 Å². The van der Waals surface area contributed by atoms with Crippen LogP contribution >= 0.6 is 23.4 Å². The second kappa shape index (κ2) is 9.17. The number of amides is 1. The molecule has 166 valence electrons. The summed E-state index contributed by atoms with van der Waals surface area (Å²) in [6.07, 6.45) is 0. The van der Waals surface area contributed by atoms with Gasteiger partial charge in [-0.25, -0.2) is 4.68 Å². The first-order chi connectivity index (χ1) is 16.1. The van der Waals surface area contributed by atoms with E-state index < -0.39 is 5.25 Å². The Hall–Kier alpha value is -3.49. The molecule has 1 amide bonds. The van der Waals surface area contributed by atoms with Gasteiger partial charge >= 0.3 is 0 Å². The Bertz CT molecular complexity index is 1280. The highest BCUT2D eigenvalue weighted by Gasteiger charge is 2.38. The molecule has 0 aliphatic carbocycles. The zero-order chi connectivity index (χ0) is 22.8. The summed E-state index contributed by atoms with van der Waals surface area (Å²) in [5, 5.41) is 12.5. The number of nitrogens with zero attached hydrogens (tertiary/aromatic N) is 3. The van der Waals surface area contributed by atoms with E-state index in [1.807, 2.05) is 77.5 Å². The minimum atomic E-state index is -0.502. The highest BCUT2D eigenvalue weighted by atomic mass is 35.5. The van der Waals surface area contributed by atoms with E-state index in [1.165, 1.54) is 11.8 Å². The number of aromatic nitrogens is 3. The van der Waals surface area contributed by atoms with E-state index in [0.717, 1.165) is 11.1 Å². The van der Waals surface area contributed by atoms with Gasteiger partial charge in [0.25, 0.3) is 0 Å². The lowest BCUT2D eigenvalue weighted by molar-refractivity contribution is -0.116. The van der Waals surface area contributed by atoms with Crippen molar-refractivity contribution in [3.05, 3.63) is 89.4 Å². The molecule has 3 aromatic carbocycles. The monoisotopic (exact) mass is 477 g/mol. The lowest BCUT2D eigenvalue weighted by Gasteiger charge is -2.33. The van der Waals surface area contributed by atoms with Crippen molar-refractivity contribution in [2.45, 2.75) is 16.4 Å². The van der Waals surface area contributed by atoms with Gasteiger partial charge < -0.3 is 15.5 Å². The molecule has 0 radical (unpaired) electrons. The molecule has 0 bridgehead atoms. The number of rotatable bonds is 5. The van der Waals surface area contributed by atoms with Crippen molar-refractivity contribution in [1.29, 1.82) is 0 Å². The fourth-order valence-electron chi connectivity index (χ4n) is 3.66. The van der Waals surface area contributed by atoms with Crippen molar-refractivity contribution < 1.29 is 9.53 Å². The minimum Gasteiger partial charge on any atom is -0.497 e. The number of hydrogen-bond acceptors (Lipinski definition) is 6. The lowest BCUT2D eigenvalue weighted by atomic mass is 10.0. The van der Waals surface area contributed by atoms with Gasteiger partial charge in [-0.05, 0) is 29.8 Å². The topological polar surface area (TPSA) is 81.1 Å². The number of nitrogens with one attached hydrogen (secondary N) is 2. The third-order valence-corrected chi connectivity index (χ3v) is 6.76. The first-order valence-electron chi connectivity index (χ1n) is 10.3. The summed E-state index contributed by atoms with van der Waals surface area (Å²) < 4.78 is 7.11. The van der Waals surface area contributed by atoms with E-state index in [4.69, 9.17) is 16.3 Å². The number of halogens is 1. The molecule has 9 heteroatoms. The molecule has 1 aromatic heterocycles. The van der Waals surface area contributed by atoms with Gasteiger partial charge in [-0.2, -0.15) is 0 Å². The number of carbonyl (C=O) groups is 1. The molecule has 33 heavy (non-hydrogen) atoms. The summed E-state index contributed by atoms with van der Waals surface area (Å²) in [6.45, 7) is 0. The van der Waals surface area contributed by atoms with E-state index in [2.05, 4.69) is 20.9 Å². The number of thioether (sulfide) groups is 1. The normalized spacial score (nSPS) is 17.0. The van der Waals surface area contributed by atoms with E-state index in [9.17, 15) is 4.79 Å². The van der Waals surface area contributed by atoms with Gasteiger partial charge in [0, 0.05) is 22.3 Å². The minimum absolute atomic E-state index is 0.156. The predicted molar refractivity (Wildman–Crippen MR) is 130 cm³/mol. The molecule has 4 aromatic rings. The molecule has 5 rings (SSSR count). The predicted octanol–water partition coefficient (Wildman–Crippen LogP) is 5.00. The molecule has 2 heterocycles. The van der Waals surface area contributed by atoms with Crippen LogP contribution in [0, 0.1) is 0 Å². The fourth-order valence-corrected chi connectivity index (χ4v) is 4.87. The van der Waals surface area contributed by atoms with Gasteiger partial charge in [-0.3, -0.25) is 4.79 Å². The number of carbonyl (C=O) groups excluding carboxylic acids is 1. The molecule has 0 saturated heterocycles. The van der Waals surface area contributed by atoms with E-state index >= 15 is 0 Å². The summed E-state index contributed by atoms with van der Waals surface area (Å²) in [5.41, 5.74) is 5.98. The smallest absolute Gasteiger partial charge is 0.240 e. The number of fused-ring (bicyclic) bond motifs is 1. The Kier molecular flexibility index (Phi) is 5.93. The Morgan fingerprint density at radius 2 is 1.85 bits per heavy atom. The quantitative estimate of drug-likeness (QED) is 0.421. The molecule has 2 atom stereocenters. The van der Waals surface area contributed by atoms with Crippen LogP contribution in [0.1, 0.15) is 11.6 Å². The van der Waals surface area contributed by atoms with Crippen molar-refractivity contribution in [3.8, 4) is 17.1 Å². The maximum absolute atomic E-state index is 13.4. The maximum atomic E-state index is 13.4. The standard InChI is InChI=1S/C24H20ClN5O2S/c1-32-19-9-5-8-18(14-19)26-23(31)21-20(15-10-12-17(25)13-11-15)29-30-22(27-28-24(30)33-21)16-6-3-2-4-7-16/h2-14,20-21,29H,1H3,(H,26,31). The molecular weight excluding hydrogens is 458 g/mol. The summed E-state index contributed by atoms with van der Waals surface area (Å²) in [4.78, 5) is 13.4. The van der Waals surface area contributed by atoms with Crippen LogP contribution < -0.4 is 15.5 Å². The second-order valence-electron chi connectivity index (χ2n) is 7.43. The molecule has 7 nitrogen and oxygen atoms in total. The van der Waals surface area contributed by atoms with E-state index in [1.54, 1.807) is 13.2 Å². The first kappa shape index (κ1) is 21.4. The summed E-state index contributed by atoms with van der Waals surface area (Å²) in [7, 11) is 1.59. The molecular formula is C24H20ClN5O2S. The van der Waals surface area contributed by atoms with Gasteiger partial charge in [-0.1, -0.05) is 71.9 Å². The summed E-state index contributed by atoms with van der Waals surface area (Å²) in [5.74, 6) is 1.20. The van der Waals surface area contributed by atoms with Crippen LogP contribution in [0.25, 0.3) is 11.4 Å². The second-order valence-corrected chi connectivity index (χ2v) is 8.97.